The van der Waals surface area contributed by atoms with Crippen LogP contribution >= 0.6 is 0 Å². The van der Waals surface area contributed by atoms with Crippen molar-refractivity contribution in [3.63, 3.8) is 0 Å². The summed E-state index contributed by atoms with van der Waals surface area (Å²) in [5.74, 6) is 0. The van der Waals surface area contributed by atoms with Crippen LogP contribution in [0.1, 0.15) is 48.9 Å². The largest absolute Gasteiger partial charge is 0.373 e. The predicted octanol–water partition coefficient (Wildman–Crippen LogP) is 2.04. The normalized spacial score (nSPS) is 41.3. The van der Waals surface area contributed by atoms with E-state index < -0.39 is 0 Å². The highest BCUT2D eigenvalue weighted by atomic mass is 16.5. The Morgan fingerprint density at radius 3 is 2.67 bits per heavy atom. The maximum atomic E-state index is 6.22. The molecule has 0 radical (unpaired) electrons. The molecule has 0 amide bonds. The van der Waals surface area contributed by atoms with Gasteiger partial charge in [0.15, 0.2) is 0 Å². The van der Waals surface area contributed by atoms with Gasteiger partial charge in [0.2, 0.25) is 0 Å². The third-order valence-corrected chi connectivity index (χ3v) is 4.78. The number of rotatable bonds is 2. The van der Waals surface area contributed by atoms with Gasteiger partial charge in [-0.1, -0.05) is 24.3 Å². The summed E-state index contributed by atoms with van der Waals surface area (Å²) in [7, 11) is 0. The fourth-order valence-corrected chi connectivity index (χ4v) is 3.90. The SMILES string of the molecule is NC1CC(NC2CC3CCC2O3)c2ccccc21. The van der Waals surface area contributed by atoms with E-state index in [1.54, 1.807) is 0 Å². The molecule has 3 nitrogen and oxygen atoms in total. The number of fused-ring (bicyclic) bond motifs is 3. The number of hydrogen-bond acceptors (Lipinski definition) is 3. The lowest BCUT2D eigenvalue weighted by atomic mass is 9.94. The second-order valence-electron chi connectivity index (χ2n) is 5.91. The lowest BCUT2D eigenvalue weighted by Crippen LogP contribution is -2.39. The number of hydrogen-bond donors (Lipinski definition) is 2. The molecule has 2 bridgehead atoms. The van der Waals surface area contributed by atoms with Crippen LogP contribution in [0.5, 0.6) is 0 Å². The maximum Gasteiger partial charge on any atom is 0.0733 e. The van der Waals surface area contributed by atoms with Crippen LogP contribution in [0.25, 0.3) is 0 Å². The summed E-state index contributed by atoms with van der Waals surface area (Å²) in [6.45, 7) is 0. The molecule has 1 aliphatic carbocycles. The average molecular weight is 244 g/mol. The van der Waals surface area contributed by atoms with Gasteiger partial charge in [0.1, 0.15) is 0 Å². The molecule has 5 unspecified atom stereocenters. The zero-order valence-corrected chi connectivity index (χ0v) is 10.5. The lowest BCUT2D eigenvalue weighted by Gasteiger charge is -2.25. The quantitative estimate of drug-likeness (QED) is 0.837. The van der Waals surface area contributed by atoms with E-state index in [0.29, 0.717) is 24.3 Å². The Bertz CT molecular complexity index is 462. The zero-order valence-electron chi connectivity index (χ0n) is 10.5. The molecular formula is C15H20N2O. The molecule has 1 aromatic rings. The van der Waals surface area contributed by atoms with Gasteiger partial charge in [-0.3, -0.25) is 0 Å². The summed E-state index contributed by atoms with van der Waals surface area (Å²) in [5.41, 5.74) is 8.93. The molecule has 18 heavy (non-hydrogen) atoms. The number of nitrogens with two attached hydrogens (primary N) is 1. The van der Waals surface area contributed by atoms with Crippen LogP contribution in [-0.2, 0) is 4.74 Å². The molecule has 96 valence electrons. The maximum absolute atomic E-state index is 6.22. The van der Waals surface area contributed by atoms with E-state index in [-0.39, 0.29) is 6.04 Å². The highest BCUT2D eigenvalue weighted by Crippen LogP contribution is 2.40. The van der Waals surface area contributed by atoms with Crippen LogP contribution in [0.2, 0.25) is 0 Å². The van der Waals surface area contributed by atoms with Crippen LogP contribution in [0.4, 0.5) is 0 Å². The van der Waals surface area contributed by atoms with Gasteiger partial charge in [0.05, 0.1) is 12.2 Å². The first-order chi connectivity index (χ1) is 8.81. The van der Waals surface area contributed by atoms with Crippen molar-refractivity contribution in [2.45, 2.75) is 56.0 Å². The lowest BCUT2D eigenvalue weighted by molar-refractivity contribution is 0.0959. The molecule has 3 N–H and O–H groups in total. The third-order valence-electron chi connectivity index (χ3n) is 4.78. The average Bonchev–Trinajstić information content (AvgIpc) is 3.06. The molecule has 1 aromatic carbocycles. The molecule has 3 aliphatic rings. The predicted molar refractivity (Wildman–Crippen MR) is 70.2 cm³/mol. The summed E-state index contributed by atoms with van der Waals surface area (Å²) in [6, 6.07) is 9.73. The highest BCUT2D eigenvalue weighted by molar-refractivity contribution is 5.37. The second-order valence-corrected chi connectivity index (χ2v) is 5.91. The summed E-state index contributed by atoms with van der Waals surface area (Å²) in [4.78, 5) is 0. The van der Waals surface area contributed by atoms with E-state index in [4.69, 9.17) is 10.5 Å². The molecule has 3 heteroatoms. The summed E-state index contributed by atoms with van der Waals surface area (Å²) < 4.78 is 5.92. The van der Waals surface area contributed by atoms with E-state index in [0.717, 1.165) is 6.42 Å². The Hall–Kier alpha value is -0.900. The van der Waals surface area contributed by atoms with Crippen LogP contribution in [0, 0.1) is 0 Å². The van der Waals surface area contributed by atoms with Gasteiger partial charge in [-0.2, -0.15) is 0 Å². The Labute approximate surface area is 108 Å². The molecule has 5 atom stereocenters. The molecule has 4 rings (SSSR count). The Morgan fingerprint density at radius 1 is 1.11 bits per heavy atom. The molecular weight excluding hydrogens is 224 g/mol. The van der Waals surface area contributed by atoms with E-state index in [2.05, 4.69) is 29.6 Å². The standard InChI is InChI=1S/C15H20N2O/c16-12-8-13(11-4-2-1-3-10(11)12)17-14-7-9-5-6-15(14)18-9/h1-4,9,12-15,17H,5-8,16H2. The van der Waals surface area contributed by atoms with Crippen LogP contribution in [0.15, 0.2) is 24.3 Å². The van der Waals surface area contributed by atoms with Crippen molar-refractivity contribution in [1.82, 2.24) is 5.32 Å². The summed E-state index contributed by atoms with van der Waals surface area (Å²) in [6.07, 6.45) is 5.63. The Morgan fingerprint density at radius 2 is 1.94 bits per heavy atom. The highest BCUT2D eigenvalue weighted by Gasteiger charge is 2.42. The topological polar surface area (TPSA) is 47.3 Å². The van der Waals surface area contributed by atoms with Crippen LogP contribution < -0.4 is 11.1 Å². The van der Waals surface area contributed by atoms with E-state index in [1.165, 1.54) is 30.4 Å². The van der Waals surface area contributed by atoms with E-state index in [1.807, 2.05) is 0 Å². The second kappa shape index (κ2) is 4.05. The van der Waals surface area contributed by atoms with Gasteiger partial charge in [0.25, 0.3) is 0 Å². The minimum absolute atomic E-state index is 0.193. The van der Waals surface area contributed by atoms with Crippen molar-refractivity contribution < 1.29 is 4.74 Å². The molecule has 0 spiro atoms. The number of nitrogens with one attached hydrogen (secondary N) is 1. The fraction of sp³-hybridized carbons (Fsp3) is 0.600. The van der Waals surface area contributed by atoms with E-state index >= 15 is 0 Å². The Balaban J connectivity index is 1.53. The van der Waals surface area contributed by atoms with Crippen molar-refractivity contribution in [3.05, 3.63) is 35.4 Å². The molecule has 2 fully saturated rings. The third kappa shape index (κ3) is 1.62. The summed E-state index contributed by atoms with van der Waals surface area (Å²) >= 11 is 0. The van der Waals surface area contributed by atoms with Crippen molar-refractivity contribution >= 4 is 0 Å². The molecule has 2 aliphatic heterocycles. The molecule has 2 saturated heterocycles. The minimum Gasteiger partial charge on any atom is -0.373 e. The first-order valence-electron chi connectivity index (χ1n) is 7.07. The van der Waals surface area contributed by atoms with Gasteiger partial charge >= 0.3 is 0 Å². The van der Waals surface area contributed by atoms with E-state index in [9.17, 15) is 0 Å². The van der Waals surface area contributed by atoms with Crippen LogP contribution in [-0.4, -0.2) is 18.2 Å². The first-order valence-corrected chi connectivity index (χ1v) is 7.07. The minimum atomic E-state index is 0.193. The number of ether oxygens (including phenoxy) is 1. The molecule has 2 heterocycles. The van der Waals surface area contributed by atoms with Gasteiger partial charge in [0, 0.05) is 18.1 Å². The molecule has 0 aromatic heterocycles. The van der Waals surface area contributed by atoms with Crippen molar-refractivity contribution in [2.75, 3.05) is 0 Å². The Kier molecular flexibility index (Phi) is 2.47. The fourth-order valence-electron chi connectivity index (χ4n) is 3.90. The first kappa shape index (κ1) is 11.0. The smallest absolute Gasteiger partial charge is 0.0733 e. The number of benzene rings is 1. The van der Waals surface area contributed by atoms with Gasteiger partial charge in [-0.15, -0.1) is 0 Å². The van der Waals surface area contributed by atoms with Crippen molar-refractivity contribution in [3.8, 4) is 0 Å². The van der Waals surface area contributed by atoms with Crippen molar-refractivity contribution in [1.29, 1.82) is 0 Å². The van der Waals surface area contributed by atoms with Gasteiger partial charge in [-0.25, -0.2) is 0 Å². The summed E-state index contributed by atoms with van der Waals surface area (Å²) in [5, 5.41) is 3.79. The van der Waals surface area contributed by atoms with Crippen LogP contribution in [0.3, 0.4) is 0 Å². The monoisotopic (exact) mass is 244 g/mol. The zero-order chi connectivity index (χ0) is 12.1. The van der Waals surface area contributed by atoms with Gasteiger partial charge < -0.3 is 15.8 Å². The molecule has 0 saturated carbocycles. The van der Waals surface area contributed by atoms with Crippen molar-refractivity contribution in [2.24, 2.45) is 5.73 Å². The van der Waals surface area contributed by atoms with Gasteiger partial charge in [-0.05, 0) is 36.8 Å².